The van der Waals surface area contributed by atoms with Gasteiger partial charge in [-0.25, -0.2) is 0 Å². The van der Waals surface area contributed by atoms with E-state index >= 15 is 0 Å². The second-order valence-electron chi connectivity index (χ2n) is 2.58. The molecular formula is C9H9NO3S. The van der Waals surface area contributed by atoms with Gasteiger partial charge in [0.05, 0.1) is 4.92 Å². The van der Waals surface area contributed by atoms with Crippen molar-refractivity contribution < 1.29 is 9.72 Å². The maximum atomic E-state index is 11.0. The molecule has 0 spiro atoms. The molecule has 74 valence electrons. The van der Waals surface area contributed by atoms with E-state index in [-0.39, 0.29) is 10.8 Å². The van der Waals surface area contributed by atoms with Crippen LogP contribution in [0.15, 0.2) is 29.2 Å². The summed E-state index contributed by atoms with van der Waals surface area (Å²) in [4.78, 5) is 21.6. The van der Waals surface area contributed by atoms with Crippen LogP contribution in [0.1, 0.15) is 13.3 Å². The third-order valence-electron chi connectivity index (χ3n) is 1.57. The summed E-state index contributed by atoms with van der Waals surface area (Å²) in [6.45, 7) is 1.78. The van der Waals surface area contributed by atoms with E-state index in [1.54, 1.807) is 19.1 Å². The van der Waals surface area contributed by atoms with Crippen LogP contribution in [0.5, 0.6) is 0 Å². The molecule has 1 rings (SSSR count). The Bertz CT molecular complexity index is 348. The molecule has 0 aliphatic carbocycles. The van der Waals surface area contributed by atoms with Crippen molar-refractivity contribution in [3.63, 3.8) is 0 Å². The van der Waals surface area contributed by atoms with E-state index in [0.717, 1.165) is 16.7 Å². The Kier molecular flexibility index (Phi) is 3.64. The minimum Gasteiger partial charge on any atom is -0.287 e. The summed E-state index contributed by atoms with van der Waals surface area (Å²) < 4.78 is 0. The van der Waals surface area contributed by atoms with E-state index in [2.05, 4.69) is 0 Å². The van der Waals surface area contributed by atoms with Gasteiger partial charge in [-0.3, -0.25) is 14.9 Å². The molecule has 0 aliphatic heterocycles. The molecule has 0 heterocycles. The highest BCUT2D eigenvalue weighted by Gasteiger charge is 2.06. The van der Waals surface area contributed by atoms with Gasteiger partial charge in [-0.05, 0) is 12.1 Å². The van der Waals surface area contributed by atoms with Crippen LogP contribution in [0, 0.1) is 10.1 Å². The standard InChI is InChI=1S/C9H9NO3S/c1-2-9(11)14-8-5-3-7(4-6-8)10(12)13/h3-6H,2H2,1H3. The number of carbonyl (C=O) groups is 1. The first-order valence-electron chi connectivity index (χ1n) is 4.08. The fraction of sp³-hybridized carbons (Fsp3) is 0.222. The number of thioether (sulfide) groups is 1. The lowest BCUT2D eigenvalue weighted by Gasteiger charge is -1.97. The van der Waals surface area contributed by atoms with Gasteiger partial charge in [0.15, 0.2) is 5.12 Å². The number of non-ortho nitro benzene ring substituents is 1. The molecule has 4 nitrogen and oxygen atoms in total. The smallest absolute Gasteiger partial charge is 0.269 e. The van der Waals surface area contributed by atoms with Crippen molar-refractivity contribution >= 4 is 22.6 Å². The lowest BCUT2D eigenvalue weighted by atomic mass is 10.3. The zero-order chi connectivity index (χ0) is 10.6. The predicted molar refractivity (Wildman–Crippen MR) is 54.3 cm³/mol. The SMILES string of the molecule is CCC(=O)Sc1ccc([N+](=O)[O-])cc1. The van der Waals surface area contributed by atoms with Crippen molar-refractivity contribution in [2.75, 3.05) is 0 Å². The second-order valence-corrected chi connectivity index (χ2v) is 3.71. The van der Waals surface area contributed by atoms with Crippen molar-refractivity contribution in [3.8, 4) is 0 Å². The number of benzene rings is 1. The van der Waals surface area contributed by atoms with Crippen LogP contribution >= 0.6 is 11.8 Å². The summed E-state index contributed by atoms with van der Waals surface area (Å²) in [5, 5.41) is 10.4. The van der Waals surface area contributed by atoms with Crippen LogP contribution in [0.4, 0.5) is 5.69 Å². The molecular weight excluding hydrogens is 202 g/mol. The summed E-state index contributed by atoms with van der Waals surface area (Å²) in [5.74, 6) is 0. The third-order valence-corrected chi connectivity index (χ3v) is 2.59. The van der Waals surface area contributed by atoms with Crippen molar-refractivity contribution in [2.45, 2.75) is 18.2 Å². The molecule has 1 aromatic rings. The van der Waals surface area contributed by atoms with E-state index in [0.29, 0.717) is 6.42 Å². The van der Waals surface area contributed by atoms with Crippen LogP contribution < -0.4 is 0 Å². The molecule has 0 amide bonds. The molecule has 1 aromatic carbocycles. The Hall–Kier alpha value is -1.36. The highest BCUT2D eigenvalue weighted by molar-refractivity contribution is 8.13. The first-order chi connectivity index (χ1) is 6.63. The fourth-order valence-electron chi connectivity index (χ4n) is 0.840. The average molecular weight is 211 g/mol. The Labute approximate surface area is 85.5 Å². The van der Waals surface area contributed by atoms with E-state index in [9.17, 15) is 14.9 Å². The summed E-state index contributed by atoms with van der Waals surface area (Å²) >= 11 is 1.10. The lowest BCUT2D eigenvalue weighted by Crippen LogP contribution is -1.89. The van der Waals surface area contributed by atoms with Crippen LogP contribution in [0.3, 0.4) is 0 Å². The number of hydrogen-bond acceptors (Lipinski definition) is 4. The molecule has 5 heteroatoms. The molecule has 0 saturated heterocycles. The van der Waals surface area contributed by atoms with E-state index in [4.69, 9.17) is 0 Å². The number of nitro benzene ring substituents is 1. The highest BCUT2D eigenvalue weighted by atomic mass is 32.2. The van der Waals surface area contributed by atoms with Crippen LogP contribution in [0.2, 0.25) is 0 Å². The van der Waals surface area contributed by atoms with Crippen molar-refractivity contribution in [2.24, 2.45) is 0 Å². The van der Waals surface area contributed by atoms with Crippen LogP contribution in [-0.4, -0.2) is 10.0 Å². The number of nitrogens with zero attached hydrogens (tertiary/aromatic N) is 1. The highest BCUT2D eigenvalue weighted by Crippen LogP contribution is 2.22. The minimum atomic E-state index is -0.462. The number of carbonyl (C=O) groups excluding carboxylic acids is 1. The average Bonchev–Trinajstić information content (AvgIpc) is 2.18. The fourth-order valence-corrected chi connectivity index (χ4v) is 1.52. The van der Waals surface area contributed by atoms with Gasteiger partial charge in [-0.15, -0.1) is 0 Å². The van der Waals surface area contributed by atoms with Gasteiger partial charge in [0.1, 0.15) is 0 Å². The Morgan fingerprint density at radius 1 is 1.43 bits per heavy atom. The molecule has 14 heavy (non-hydrogen) atoms. The van der Waals surface area contributed by atoms with Gasteiger partial charge in [-0.1, -0.05) is 18.7 Å². The topological polar surface area (TPSA) is 60.2 Å². The number of hydrogen-bond donors (Lipinski definition) is 0. The Morgan fingerprint density at radius 2 is 2.00 bits per heavy atom. The summed E-state index contributed by atoms with van der Waals surface area (Å²) in [6, 6.07) is 5.95. The largest absolute Gasteiger partial charge is 0.287 e. The van der Waals surface area contributed by atoms with Gasteiger partial charge in [0.2, 0.25) is 0 Å². The maximum Gasteiger partial charge on any atom is 0.269 e. The van der Waals surface area contributed by atoms with Crippen molar-refractivity contribution in [3.05, 3.63) is 34.4 Å². The van der Waals surface area contributed by atoms with Gasteiger partial charge >= 0.3 is 0 Å². The number of rotatable bonds is 3. The Morgan fingerprint density at radius 3 is 2.43 bits per heavy atom. The molecule has 0 saturated carbocycles. The summed E-state index contributed by atoms with van der Waals surface area (Å²) in [6.07, 6.45) is 0.460. The van der Waals surface area contributed by atoms with Gasteiger partial charge in [0, 0.05) is 23.4 Å². The molecule has 0 N–H and O–H groups in total. The molecule has 0 bridgehead atoms. The Balaban J connectivity index is 2.73. The van der Waals surface area contributed by atoms with Gasteiger partial charge in [0.25, 0.3) is 5.69 Å². The zero-order valence-corrected chi connectivity index (χ0v) is 8.41. The zero-order valence-electron chi connectivity index (χ0n) is 7.60. The van der Waals surface area contributed by atoms with Crippen LogP contribution in [-0.2, 0) is 4.79 Å². The van der Waals surface area contributed by atoms with Crippen LogP contribution in [0.25, 0.3) is 0 Å². The molecule has 0 atom stereocenters. The summed E-state index contributed by atoms with van der Waals surface area (Å²) in [5.41, 5.74) is 0.0401. The second kappa shape index (κ2) is 4.76. The van der Waals surface area contributed by atoms with Gasteiger partial charge in [-0.2, -0.15) is 0 Å². The molecule has 0 aliphatic rings. The van der Waals surface area contributed by atoms with Crippen molar-refractivity contribution in [1.82, 2.24) is 0 Å². The van der Waals surface area contributed by atoms with E-state index in [1.807, 2.05) is 0 Å². The molecule has 0 radical (unpaired) electrons. The normalized spacial score (nSPS) is 9.79. The molecule has 0 aromatic heterocycles. The van der Waals surface area contributed by atoms with Gasteiger partial charge < -0.3 is 0 Å². The monoisotopic (exact) mass is 211 g/mol. The predicted octanol–water partition coefficient (Wildman–Crippen LogP) is 2.62. The van der Waals surface area contributed by atoms with E-state index < -0.39 is 4.92 Å². The van der Waals surface area contributed by atoms with Crippen molar-refractivity contribution in [1.29, 1.82) is 0 Å². The maximum absolute atomic E-state index is 11.0. The van der Waals surface area contributed by atoms with E-state index in [1.165, 1.54) is 12.1 Å². The molecule has 0 unspecified atom stereocenters. The minimum absolute atomic E-state index is 0.0401. The number of nitro groups is 1. The lowest BCUT2D eigenvalue weighted by molar-refractivity contribution is -0.384. The first-order valence-corrected chi connectivity index (χ1v) is 4.90. The third kappa shape index (κ3) is 2.85. The molecule has 0 fully saturated rings. The summed E-state index contributed by atoms with van der Waals surface area (Å²) in [7, 11) is 0. The first kappa shape index (κ1) is 10.7. The quantitative estimate of drug-likeness (QED) is 0.438.